The second-order valence-corrected chi connectivity index (χ2v) is 5.91. The zero-order valence-electron chi connectivity index (χ0n) is 13.9. The number of ether oxygens (including phenoxy) is 2. The fourth-order valence-electron chi connectivity index (χ4n) is 2.47. The minimum Gasteiger partial charge on any atom is -0.494 e. The Bertz CT molecular complexity index is 499. The molecule has 6 heteroatoms. The lowest BCUT2D eigenvalue weighted by Gasteiger charge is -2.24. The topological polar surface area (TPSA) is 54.9 Å². The molecule has 0 aliphatic carbocycles. The van der Waals surface area contributed by atoms with Crippen LogP contribution in [0.5, 0.6) is 5.75 Å². The molecule has 1 saturated heterocycles. The molecule has 1 aromatic rings. The molecular formula is C17H26FN3O2. The Morgan fingerprint density at radius 3 is 2.78 bits per heavy atom. The molecule has 0 radical (unpaired) electrons. The van der Waals surface area contributed by atoms with Crippen LogP contribution in [0.4, 0.5) is 4.39 Å². The summed E-state index contributed by atoms with van der Waals surface area (Å²) in [6.07, 6.45) is 3.01. The Balaban J connectivity index is 1.59. The smallest absolute Gasteiger partial charge is 0.191 e. The van der Waals surface area contributed by atoms with E-state index < -0.39 is 0 Å². The highest BCUT2D eigenvalue weighted by molar-refractivity contribution is 5.79. The molecule has 1 unspecified atom stereocenters. The molecular weight excluding hydrogens is 297 g/mol. The molecule has 0 saturated carbocycles. The van der Waals surface area contributed by atoms with Gasteiger partial charge in [-0.25, -0.2) is 4.39 Å². The van der Waals surface area contributed by atoms with Gasteiger partial charge in [0.05, 0.1) is 12.2 Å². The maximum Gasteiger partial charge on any atom is 0.191 e. The van der Waals surface area contributed by atoms with E-state index in [1.165, 1.54) is 12.1 Å². The fraction of sp³-hybridized carbons (Fsp3) is 0.588. The SMILES string of the molecule is CN=C(NCCCOc1ccc(F)cc1)NCC1(C)CCCO1. The molecule has 5 nitrogen and oxygen atoms in total. The number of nitrogens with one attached hydrogen (secondary N) is 2. The molecule has 0 aromatic heterocycles. The summed E-state index contributed by atoms with van der Waals surface area (Å²) in [5, 5.41) is 6.55. The van der Waals surface area contributed by atoms with Gasteiger partial charge < -0.3 is 20.1 Å². The van der Waals surface area contributed by atoms with Gasteiger partial charge in [-0.05, 0) is 50.5 Å². The van der Waals surface area contributed by atoms with Crippen LogP contribution in [-0.4, -0.2) is 44.9 Å². The molecule has 1 aliphatic rings. The zero-order chi connectivity index (χ0) is 16.5. The zero-order valence-corrected chi connectivity index (χ0v) is 13.9. The maximum absolute atomic E-state index is 12.8. The summed E-state index contributed by atoms with van der Waals surface area (Å²) in [7, 11) is 1.75. The Hall–Kier alpha value is -1.82. The molecule has 1 aromatic carbocycles. The van der Waals surface area contributed by atoms with E-state index in [-0.39, 0.29) is 11.4 Å². The summed E-state index contributed by atoms with van der Waals surface area (Å²) in [6, 6.07) is 6.05. The minimum absolute atomic E-state index is 0.0939. The van der Waals surface area contributed by atoms with Crippen molar-refractivity contribution in [3.8, 4) is 5.75 Å². The van der Waals surface area contributed by atoms with Crippen LogP contribution in [-0.2, 0) is 4.74 Å². The van der Waals surface area contributed by atoms with Crippen molar-refractivity contribution < 1.29 is 13.9 Å². The van der Waals surface area contributed by atoms with Gasteiger partial charge in [-0.1, -0.05) is 0 Å². The highest BCUT2D eigenvalue weighted by atomic mass is 19.1. The highest BCUT2D eigenvalue weighted by Gasteiger charge is 2.29. The third kappa shape index (κ3) is 6.06. The second-order valence-electron chi connectivity index (χ2n) is 5.91. The van der Waals surface area contributed by atoms with Crippen LogP contribution in [0.25, 0.3) is 0 Å². The van der Waals surface area contributed by atoms with E-state index in [0.29, 0.717) is 12.4 Å². The highest BCUT2D eigenvalue weighted by Crippen LogP contribution is 2.23. The lowest BCUT2D eigenvalue weighted by Crippen LogP contribution is -2.45. The number of guanidine groups is 1. The first-order valence-electron chi connectivity index (χ1n) is 8.08. The van der Waals surface area contributed by atoms with E-state index in [4.69, 9.17) is 9.47 Å². The molecule has 0 spiro atoms. The van der Waals surface area contributed by atoms with Gasteiger partial charge in [0.25, 0.3) is 0 Å². The number of hydrogen-bond acceptors (Lipinski definition) is 3. The van der Waals surface area contributed by atoms with Crippen LogP contribution in [0.3, 0.4) is 0 Å². The molecule has 1 heterocycles. The summed E-state index contributed by atoms with van der Waals surface area (Å²) >= 11 is 0. The Morgan fingerprint density at radius 2 is 2.13 bits per heavy atom. The van der Waals surface area contributed by atoms with Crippen molar-refractivity contribution in [3.05, 3.63) is 30.1 Å². The van der Waals surface area contributed by atoms with Crippen molar-refractivity contribution in [2.45, 2.75) is 31.8 Å². The molecule has 1 aliphatic heterocycles. The third-order valence-electron chi connectivity index (χ3n) is 3.85. The van der Waals surface area contributed by atoms with Gasteiger partial charge in [-0.2, -0.15) is 0 Å². The standard InChI is InChI=1S/C17H26FN3O2/c1-17(9-3-12-23-17)13-21-16(19-2)20-10-4-11-22-15-7-5-14(18)6-8-15/h5-8H,3-4,9-13H2,1-2H3,(H2,19,20,21). The lowest BCUT2D eigenvalue weighted by atomic mass is 10.0. The van der Waals surface area contributed by atoms with Gasteiger partial charge in [-0.3, -0.25) is 4.99 Å². The van der Waals surface area contributed by atoms with Crippen molar-refractivity contribution >= 4 is 5.96 Å². The minimum atomic E-state index is -0.256. The Kier molecular flexibility index (Phi) is 6.65. The first kappa shape index (κ1) is 17.5. The molecule has 2 rings (SSSR count). The van der Waals surface area contributed by atoms with Gasteiger partial charge in [0.2, 0.25) is 0 Å². The molecule has 1 atom stereocenters. The summed E-state index contributed by atoms with van der Waals surface area (Å²) in [4.78, 5) is 4.20. The predicted molar refractivity (Wildman–Crippen MR) is 89.5 cm³/mol. The van der Waals surface area contributed by atoms with E-state index in [9.17, 15) is 4.39 Å². The van der Waals surface area contributed by atoms with Gasteiger partial charge >= 0.3 is 0 Å². The van der Waals surface area contributed by atoms with Crippen molar-refractivity contribution in [1.82, 2.24) is 10.6 Å². The molecule has 2 N–H and O–H groups in total. The number of rotatable bonds is 7. The largest absolute Gasteiger partial charge is 0.494 e. The van der Waals surface area contributed by atoms with E-state index in [1.807, 2.05) is 0 Å². The third-order valence-corrected chi connectivity index (χ3v) is 3.85. The lowest BCUT2D eigenvalue weighted by molar-refractivity contribution is 0.0243. The van der Waals surface area contributed by atoms with Gasteiger partial charge in [0.15, 0.2) is 5.96 Å². The monoisotopic (exact) mass is 323 g/mol. The second kappa shape index (κ2) is 8.72. The Labute approximate surface area is 137 Å². The molecule has 0 amide bonds. The first-order chi connectivity index (χ1) is 11.1. The van der Waals surface area contributed by atoms with Crippen molar-refractivity contribution in [1.29, 1.82) is 0 Å². The van der Waals surface area contributed by atoms with Crippen LogP contribution in [0.2, 0.25) is 0 Å². The number of aliphatic imine (C=N–C) groups is 1. The van der Waals surface area contributed by atoms with Crippen LogP contribution in [0, 0.1) is 5.82 Å². The van der Waals surface area contributed by atoms with Crippen molar-refractivity contribution in [3.63, 3.8) is 0 Å². The molecule has 128 valence electrons. The average Bonchev–Trinajstić information content (AvgIpc) is 2.99. The number of benzene rings is 1. The quantitative estimate of drug-likeness (QED) is 0.459. The molecule has 23 heavy (non-hydrogen) atoms. The van der Waals surface area contributed by atoms with E-state index in [1.54, 1.807) is 19.2 Å². The summed E-state index contributed by atoms with van der Waals surface area (Å²) < 4.78 is 24.1. The predicted octanol–water partition coefficient (Wildman–Crippen LogP) is 2.33. The summed E-state index contributed by atoms with van der Waals surface area (Å²) in [5.41, 5.74) is -0.0939. The van der Waals surface area contributed by atoms with Crippen LogP contribution in [0.1, 0.15) is 26.2 Å². The first-order valence-corrected chi connectivity index (χ1v) is 8.08. The number of halogens is 1. The van der Waals surface area contributed by atoms with Crippen LogP contribution in [0.15, 0.2) is 29.3 Å². The van der Waals surface area contributed by atoms with E-state index in [2.05, 4.69) is 22.5 Å². The van der Waals surface area contributed by atoms with Gasteiger partial charge in [0.1, 0.15) is 11.6 Å². The Morgan fingerprint density at radius 1 is 1.35 bits per heavy atom. The molecule has 0 bridgehead atoms. The van der Waals surface area contributed by atoms with Crippen molar-refractivity contribution in [2.75, 3.05) is 33.4 Å². The normalized spacial score (nSPS) is 21.3. The van der Waals surface area contributed by atoms with Crippen molar-refractivity contribution in [2.24, 2.45) is 4.99 Å². The van der Waals surface area contributed by atoms with E-state index >= 15 is 0 Å². The summed E-state index contributed by atoms with van der Waals surface area (Å²) in [5.74, 6) is 1.19. The number of nitrogens with zero attached hydrogens (tertiary/aromatic N) is 1. The van der Waals surface area contributed by atoms with Gasteiger partial charge in [0, 0.05) is 26.7 Å². The van der Waals surface area contributed by atoms with Crippen LogP contribution < -0.4 is 15.4 Å². The van der Waals surface area contributed by atoms with Gasteiger partial charge in [-0.15, -0.1) is 0 Å². The van der Waals surface area contributed by atoms with Crippen LogP contribution >= 0.6 is 0 Å². The fourth-order valence-corrected chi connectivity index (χ4v) is 2.47. The molecule has 1 fully saturated rings. The summed E-state index contributed by atoms with van der Waals surface area (Å²) in [6.45, 7) is 5.02. The van der Waals surface area contributed by atoms with E-state index in [0.717, 1.165) is 44.9 Å². The maximum atomic E-state index is 12.8. The average molecular weight is 323 g/mol. The number of hydrogen-bond donors (Lipinski definition) is 2.